The molecule has 0 spiro atoms. The Hall–Kier alpha value is -2.18. The van der Waals surface area contributed by atoms with Crippen molar-refractivity contribution in [1.29, 1.82) is 0 Å². The zero-order valence-corrected chi connectivity index (χ0v) is 16.2. The highest BCUT2D eigenvalue weighted by Crippen LogP contribution is 2.29. The number of carbonyl (C=O) groups is 2. The minimum absolute atomic E-state index is 0.0118. The quantitative estimate of drug-likeness (QED) is 0.806. The smallest absolute Gasteiger partial charge is 0.251 e. The fraction of sp³-hybridized carbons (Fsp3) is 0.381. The van der Waals surface area contributed by atoms with E-state index in [1.54, 1.807) is 24.0 Å². The van der Waals surface area contributed by atoms with Crippen molar-refractivity contribution >= 4 is 23.5 Å². The molecule has 1 atom stereocenters. The zero-order chi connectivity index (χ0) is 18.8. The van der Waals surface area contributed by atoms with Crippen LogP contribution >= 0.6 is 11.8 Å². The third-order valence-electron chi connectivity index (χ3n) is 5.42. The summed E-state index contributed by atoms with van der Waals surface area (Å²) in [6.45, 7) is 4.83. The van der Waals surface area contributed by atoms with Gasteiger partial charge in [0.05, 0.1) is 0 Å². The maximum Gasteiger partial charge on any atom is 0.251 e. The van der Waals surface area contributed by atoms with Gasteiger partial charge in [0.15, 0.2) is 5.78 Å². The van der Waals surface area contributed by atoms with Crippen LogP contribution in [0.1, 0.15) is 40.6 Å². The third-order valence-corrected chi connectivity index (χ3v) is 6.41. The largest absolute Gasteiger partial charge is 0.348 e. The molecule has 1 unspecified atom stereocenters. The van der Waals surface area contributed by atoms with E-state index in [1.165, 1.54) is 32.9 Å². The molecule has 3 fully saturated rings. The zero-order valence-electron chi connectivity index (χ0n) is 15.4. The molecule has 1 aromatic carbocycles. The number of rotatable bonds is 5. The summed E-state index contributed by atoms with van der Waals surface area (Å²) in [4.78, 5) is 32.5. The van der Waals surface area contributed by atoms with Gasteiger partial charge in [-0.2, -0.15) is 0 Å². The second-order valence-electron chi connectivity index (χ2n) is 7.28. The molecule has 0 saturated carbocycles. The van der Waals surface area contributed by atoms with E-state index in [-0.39, 0.29) is 17.7 Å². The molecule has 1 amide bonds. The molecule has 27 heavy (non-hydrogen) atoms. The molecule has 1 N–H and O–H groups in total. The minimum atomic E-state index is -0.0371. The van der Waals surface area contributed by atoms with Gasteiger partial charge in [0.25, 0.3) is 5.91 Å². The molecule has 3 saturated heterocycles. The molecule has 1 aromatic heterocycles. The second kappa shape index (κ2) is 7.82. The SMILES string of the molecule is CC(=O)c1ccc(Sc2ccc(C(=O)NC3CN4CCC3CC4)cc2)cn1. The van der Waals surface area contributed by atoms with E-state index in [0.29, 0.717) is 17.2 Å². The monoisotopic (exact) mass is 381 g/mol. The summed E-state index contributed by atoms with van der Waals surface area (Å²) < 4.78 is 0. The summed E-state index contributed by atoms with van der Waals surface area (Å²) in [7, 11) is 0. The minimum Gasteiger partial charge on any atom is -0.348 e. The number of hydrogen-bond acceptors (Lipinski definition) is 5. The van der Waals surface area contributed by atoms with Crippen LogP contribution in [0.15, 0.2) is 52.4 Å². The molecule has 3 aliphatic heterocycles. The standard InChI is InChI=1S/C21H23N3O2S/c1-14(25)19-7-6-18(12-22-19)27-17-4-2-16(3-5-17)21(26)23-20-13-24-10-8-15(20)9-11-24/h2-7,12,15,20H,8-11,13H2,1H3,(H,23,26). The Labute approximate surface area is 163 Å². The number of nitrogens with one attached hydrogen (secondary N) is 1. The summed E-state index contributed by atoms with van der Waals surface area (Å²) in [6, 6.07) is 11.6. The van der Waals surface area contributed by atoms with E-state index in [9.17, 15) is 9.59 Å². The number of ketones is 1. The summed E-state index contributed by atoms with van der Waals surface area (Å²) >= 11 is 1.56. The van der Waals surface area contributed by atoms with E-state index in [0.717, 1.165) is 16.3 Å². The van der Waals surface area contributed by atoms with E-state index in [1.807, 2.05) is 30.3 Å². The van der Waals surface area contributed by atoms with Crippen molar-refractivity contribution in [2.75, 3.05) is 19.6 Å². The summed E-state index contributed by atoms with van der Waals surface area (Å²) in [5, 5.41) is 3.22. The van der Waals surface area contributed by atoms with E-state index in [2.05, 4.69) is 15.2 Å². The maximum atomic E-state index is 12.6. The average molecular weight is 382 g/mol. The molecule has 2 aromatic rings. The van der Waals surface area contributed by atoms with Gasteiger partial charge >= 0.3 is 0 Å². The van der Waals surface area contributed by atoms with Gasteiger partial charge in [-0.1, -0.05) is 11.8 Å². The molecule has 0 radical (unpaired) electrons. The van der Waals surface area contributed by atoms with Crippen LogP contribution in [0.25, 0.3) is 0 Å². The lowest BCUT2D eigenvalue weighted by Gasteiger charge is -2.44. The molecular formula is C21H23N3O2S. The van der Waals surface area contributed by atoms with E-state index >= 15 is 0 Å². The second-order valence-corrected chi connectivity index (χ2v) is 8.43. The van der Waals surface area contributed by atoms with Gasteiger partial charge in [-0.15, -0.1) is 0 Å². The van der Waals surface area contributed by atoms with Gasteiger partial charge in [-0.25, -0.2) is 0 Å². The summed E-state index contributed by atoms with van der Waals surface area (Å²) in [5.41, 5.74) is 1.17. The Morgan fingerprint density at radius 3 is 2.33 bits per heavy atom. The number of fused-ring (bicyclic) bond motifs is 3. The van der Waals surface area contributed by atoms with Gasteiger partial charge in [0, 0.05) is 41.1 Å². The van der Waals surface area contributed by atoms with Crippen molar-refractivity contribution < 1.29 is 9.59 Å². The summed E-state index contributed by atoms with van der Waals surface area (Å²) in [5.74, 6) is 0.599. The van der Waals surface area contributed by atoms with Crippen LogP contribution in [-0.4, -0.2) is 47.3 Å². The van der Waals surface area contributed by atoms with Crippen molar-refractivity contribution in [2.24, 2.45) is 5.92 Å². The summed E-state index contributed by atoms with van der Waals surface area (Å²) in [6.07, 6.45) is 4.09. The number of Topliss-reactive ketones (excluding diaryl/α,β-unsaturated/α-hetero) is 1. The first-order valence-corrected chi connectivity index (χ1v) is 10.2. The average Bonchev–Trinajstić information content (AvgIpc) is 2.70. The van der Waals surface area contributed by atoms with Crippen LogP contribution < -0.4 is 5.32 Å². The van der Waals surface area contributed by atoms with Gasteiger partial charge in [0.2, 0.25) is 0 Å². The number of pyridine rings is 1. The first-order chi connectivity index (χ1) is 13.1. The first-order valence-electron chi connectivity index (χ1n) is 9.36. The highest BCUT2D eigenvalue weighted by atomic mass is 32.2. The molecule has 6 heteroatoms. The van der Waals surface area contributed by atoms with Crippen LogP contribution in [0.4, 0.5) is 0 Å². The number of piperidine rings is 3. The first kappa shape index (κ1) is 18.2. The number of amides is 1. The van der Waals surface area contributed by atoms with Crippen molar-refractivity contribution in [3.05, 3.63) is 53.9 Å². The lowest BCUT2D eigenvalue weighted by molar-refractivity contribution is 0.0620. The Morgan fingerprint density at radius 2 is 1.78 bits per heavy atom. The predicted molar refractivity (Wildman–Crippen MR) is 105 cm³/mol. The Kier molecular flexibility index (Phi) is 5.27. The topological polar surface area (TPSA) is 62.3 Å². The lowest BCUT2D eigenvalue weighted by atomic mass is 9.84. The molecule has 5 rings (SSSR count). The maximum absolute atomic E-state index is 12.6. The lowest BCUT2D eigenvalue weighted by Crippen LogP contribution is -2.57. The van der Waals surface area contributed by atoms with Gasteiger partial charge in [0.1, 0.15) is 5.69 Å². The molecule has 0 aliphatic carbocycles. The van der Waals surface area contributed by atoms with Crippen molar-refractivity contribution in [3.63, 3.8) is 0 Å². The van der Waals surface area contributed by atoms with Crippen LogP contribution in [0.3, 0.4) is 0 Å². The number of carbonyl (C=O) groups excluding carboxylic acids is 2. The van der Waals surface area contributed by atoms with Crippen LogP contribution in [0.2, 0.25) is 0 Å². The molecule has 3 aliphatic rings. The van der Waals surface area contributed by atoms with Crippen molar-refractivity contribution in [3.8, 4) is 0 Å². The van der Waals surface area contributed by atoms with Crippen LogP contribution in [0.5, 0.6) is 0 Å². The molecule has 5 nitrogen and oxygen atoms in total. The van der Waals surface area contributed by atoms with Crippen molar-refractivity contribution in [2.45, 2.75) is 35.6 Å². The number of aromatic nitrogens is 1. The number of nitrogens with zero attached hydrogens (tertiary/aromatic N) is 2. The third kappa shape index (κ3) is 4.22. The fourth-order valence-electron chi connectivity index (χ4n) is 3.84. The van der Waals surface area contributed by atoms with Crippen molar-refractivity contribution in [1.82, 2.24) is 15.2 Å². The molecule has 4 heterocycles. The number of hydrogen-bond donors (Lipinski definition) is 1. The van der Waals surface area contributed by atoms with E-state index < -0.39 is 0 Å². The molecule has 140 valence electrons. The van der Waals surface area contributed by atoms with Gasteiger partial charge in [-0.3, -0.25) is 14.6 Å². The molecular weight excluding hydrogens is 358 g/mol. The van der Waals surface area contributed by atoms with Gasteiger partial charge < -0.3 is 10.2 Å². The van der Waals surface area contributed by atoms with E-state index in [4.69, 9.17) is 0 Å². The normalized spacial score (nSPS) is 23.8. The van der Waals surface area contributed by atoms with Gasteiger partial charge in [-0.05, 0) is 68.2 Å². The molecule has 2 bridgehead atoms. The predicted octanol–water partition coefficient (Wildman–Crippen LogP) is 3.26. The fourth-order valence-corrected chi connectivity index (χ4v) is 4.63. The Balaban J connectivity index is 1.36. The highest BCUT2D eigenvalue weighted by Gasteiger charge is 2.34. The number of benzene rings is 1. The highest BCUT2D eigenvalue weighted by molar-refractivity contribution is 7.99. The Morgan fingerprint density at radius 1 is 1.07 bits per heavy atom. The Bertz CT molecular complexity index is 828. The van der Waals surface area contributed by atoms with Crippen LogP contribution in [0, 0.1) is 5.92 Å². The van der Waals surface area contributed by atoms with Crippen LogP contribution in [-0.2, 0) is 0 Å².